The molecule has 1 aromatic rings. The fourth-order valence-corrected chi connectivity index (χ4v) is 2.70. The second-order valence-electron chi connectivity index (χ2n) is 3.85. The zero-order valence-corrected chi connectivity index (χ0v) is 12.8. The van der Waals surface area contributed by atoms with E-state index in [9.17, 15) is 9.90 Å². The molecule has 1 aliphatic heterocycles. The van der Waals surface area contributed by atoms with Crippen molar-refractivity contribution in [3.8, 4) is 0 Å². The van der Waals surface area contributed by atoms with Gasteiger partial charge in [-0.15, -0.1) is 0 Å². The number of nitrogens with zero attached hydrogens (tertiary/aromatic N) is 2. The van der Waals surface area contributed by atoms with Crippen molar-refractivity contribution in [2.24, 2.45) is 0 Å². The van der Waals surface area contributed by atoms with E-state index >= 15 is 0 Å². The average Bonchev–Trinajstić information content (AvgIpc) is 2.61. The van der Waals surface area contributed by atoms with Crippen molar-refractivity contribution in [3.63, 3.8) is 0 Å². The standard InChI is InChI=1S/C9H11BrIN3O4/c10-5-4(2-15)18-8(6(5)16)14-1-3(11)7(12)13-9(14)17/h1,4-6,8,15-16H,2H2,(H2,12,13,17)/t4-,5+,6-,8-/m1/s1. The van der Waals surface area contributed by atoms with Crippen molar-refractivity contribution in [3.05, 3.63) is 20.3 Å². The lowest BCUT2D eigenvalue weighted by Gasteiger charge is -2.17. The van der Waals surface area contributed by atoms with Crippen LogP contribution in [0.25, 0.3) is 0 Å². The van der Waals surface area contributed by atoms with E-state index in [1.807, 2.05) is 22.6 Å². The molecule has 1 aliphatic rings. The Morgan fingerprint density at radius 1 is 1.67 bits per heavy atom. The fraction of sp³-hybridized carbons (Fsp3) is 0.556. The SMILES string of the molecule is Nc1nc(=O)n([C@@H]2O[C@H](CO)[C@H](Br)[C@H]2O)cc1I. The second-order valence-corrected chi connectivity index (χ2v) is 6.07. The highest BCUT2D eigenvalue weighted by molar-refractivity contribution is 14.1. The molecule has 2 rings (SSSR count). The minimum absolute atomic E-state index is 0.137. The molecule has 1 aromatic heterocycles. The summed E-state index contributed by atoms with van der Waals surface area (Å²) in [7, 11) is 0. The fourth-order valence-electron chi connectivity index (χ4n) is 1.73. The van der Waals surface area contributed by atoms with Crippen molar-refractivity contribution < 1.29 is 14.9 Å². The van der Waals surface area contributed by atoms with Crippen LogP contribution in [0.2, 0.25) is 0 Å². The number of rotatable bonds is 2. The Morgan fingerprint density at radius 3 is 2.89 bits per heavy atom. The molecule has 0 amide bonds. The molecule has 0 bridgehead atoms. The minimum atomic E-state index is -0.957. The van der Waals surface area contributed by atoms with Gasteiger partial charge in [-0.25, -0.2) is 4.79 Å². The Bertz CT molecular complexity index is 511. The van der Waals surface area contributed by atoms with Gasteiger partial charge in [0.1, 0.15) is 11.9 Å². The summed E-state index contributed by atoms with van der Waals surface area (Å²) in [6.07, 6.45) is -0.952. The normalized spacial score (nSPS) is 31.8. The molecular formula is C9H11BrIN3O4. The number of nitrogen functional groups attached to an aromatic ring is 1. The zero-order chi connectivity index (χ0) is 13.4. The second kappa shape index (κ2) is 5.41. The molecule has 1 saturated heterocycles. The number of nitrogens with two attached hydrogens (primary N) is 1. The number of hydrogen-bond acceptors (Lipinski definition) is 6. The Kier molecular flexibility index (Phi) is 4.26. The molecule has 9 heteroatoms. The van der Waals surface area contributed by atoms with Crippen LogP contribution in [0.5, 0.6) is 0 Å². The van der Waals surface area contributed by atoms with Crippen molar-refractivity contribution in [2.45, 2.75) is 23.3 Å². The van der Waals surface area contributed by atoms with Gasteiger partial charge in [0.25, 0.3) is 0 Å². The maximum atomic E-state index is 11.7. The third-order valence-corrected chi connectivity index (χ3v) is 4.64. The molecule has 0 saturated carbocycles. The molecule has 1 fully saturated rings. The van der Waals surface area contributed by atoms with Crippen LogP contribution >= 0.6 is 38.5 Å². The van der Waals surface area contributed by atoms with E-state index < -0.39 is 29.0 Å². The van der Waals surface area contributed by atoms with Crippen LogP contribution in [0.4, 0.5) is 5.82 Å². The molecule has 2 heterocycles. The highest BCUT2D eigenvalue weighted by atomic mass is 127. The first kappa shape index (κ1) is 14.2. The van der Waals surface area contributed by atoms with Crippen LogP contribution in [-0.4, -0.2) is 43.4 Å². The first-order valence-corrected chi connectivity index (χ1v) is 7.07. The number of alkyl halides is 1. The van der Waals surface area contributed by atoms with Gasteiger partial charge in [0, 0.05) is 6.20 Å². The molecule has 0 spiro atoms. The predicted molar refractivity (Wildman–Crippen MR) is 75.3 cm³/mol. The number of ether oxygens (including phenoxy) is 1. The number of halogens is 2. The lowest BCUT2D eigenvalue weighted by molar-refractivity contribution is -0.0530. The van der Waals surface area contributed by atoms with Gasteiger partial charge < -0.3 is 20.7 Å². The third kappa shape index (κ3) is 2.41. The maximum absolute atomic E-state index is 11.7. The lowest BCUT2D eigenvalue weighted by Crippen LogP contribution is -2.34. The smallest absolute Gasteiger partial charge is 0.351 e. The molecule has 0 aromatic carbocycles. The van der Waals surface area contributed by atoms with Crippen molar-refractivity contribution in [2.75, 3.05) is 12.3 Å². The summed E-state index contributed by atoms with van der Waals surface area (Å²) in [5, 5.41) is 19.1. The largest absolute Gasteiger partial charge is 0.394 e. The highest BCUT2D eigenvalue weighted by Crippen LogP contribution is 2.33. The van der Waals surface area contributed by atoms with E-state index in [-0.39, 0.29) is 12.4 Å². The molecule has 7 nitrogen and oxygen atoms in total. The maximum Gasteiger partial charge on any atom is 0.351 e. The molecule has 4 atom stereocenters. The summed E-state index contributed by atoms with van der Waals surface area (Å²) < 4.78 is 7.19. The van der Waals surface area contributed by atoms with Crippen LogP contribution in [0.3, 0.4) is 0 Å². The number of aliphatic hydroxyl groups is 2. The Balaban J connectivity index is 2.39. The van der Waals surface area contributed by atoms with Crippen LogP contribution in [0.1, 0.15) is 6.23 Å². The molecule has 0 unspecified atom stereocenters. The Hall–Kier alpha value is -0.230. The van der Waals surface area contributed by atoms with Gasteiger partial charge in [-0.05, 0) is 22.6 Å². The summed E-state index contributed by atoms with van der Waals surface area (Å²) in [6, 6.07) is 0. The van der Waals surface area contributed by atoms with Crippen LogP contribution in [0, 0.1) is 3.57 Å². The minimum Gasteiger partial charge on any atom is -0.394 e. The van der Waals surface area contributed by atoms with E-state index in [1.165, 1.54) is 10.8 Å². The first-order chi connectivity index (χ1) is 8.45. The molecular weight excluding hydrogens is 421 g/mol. The average molecular weight is 432 g/mol. The van der Waals surface area contributed by atoms with Gasteiger partial charge >= 0.3 is 5.69 Å². The Labute approximate surface area is 124 Å². The Morgan fingerprint density at radius 2 is 2.33 bits per heavy atom. The van der Waals surface area contributed by atoms with Crippen LogP contribution < -0.4 is 11.4 Å². The van der Waals surface area contributed by atoms with Crippen molar-refractivity contribution in [1.82, 2.24) is 9.55 Å². The zero-order valence-electron chi connectivity index (χ0n) is 9.03. The van der Waals surface area contributed by atoms with Crippen molar-refractivity contribution >= 4 is 44.3 Å². The van der Waals surface area contributed by atoms with E-state index in [0.717, 1.165) is 0 Å². The van der Waals surface area contributed by atoms with Gasteiger partial charge in [-0.2, -0.15) is 4.98 Å². The third-order valence-electron chi connectivity index (χ3n) is 2.68. The topological polar surface area (TPSA) is 111 Å². The van der Waals surface area contributed by atoms with Gasteiger partial charge in [-0.3, -0.25) is 4.57 Å². The van der Waals surface area contributed by atoms with Gasteiger partial charge in [0.15, 0.2) is 6.23 Å². The van der Waals surface area contributed by atoms with Crippen LogP contribution in [-0.2, 0) is 4.74 Å². The number of anilines is 1. The number of aromatic nitrogens is 2. The molecule has 100 valence electrons. The van der Waals surface area contributed by atoms with E-state index in [1.54, 1.807) is 0 Å². The van der Waals surface area contributed by atoms with Crippen molar-refractivity contribution in [1.29, 1.82) is 0 Å². The first-order valence-electron chi connectivity index (χ1n) is 5.08. The van der Waals surface area contributed by atoms with Gasteiger partial charge in [-0.1, -0.05) is 15.9 Å². The highest BCUT2D eigenvalue weighted by Gasteiger charge is 2.43. The molecule has 0 radical (unpaired) electrons. The number of aliphatic hydroxyl groups excluding tert-OH is 2. The van der Waals surface area contributed by atoms with E-state index in [4.69, 9.17) is 15.6 Å². The summed E-state index contributed by atoms with van der Waals surface area (Å²) in [6.45, 7) is -0.252. The van der Waals surface area contributed by atoms with Crippen LogP contribution in [0.15, 0.2) is 11.0 Å². The van der Waals surface area contributed by atoms with E-state index in [2.05, 4.69) is 20.9 Å². The molecule has 18 heavy (non-hydrogen) atoms. The molecule has 0 aliphatic carbocycles. The molecule has 4 N–H and O–H groups in total. The quantitative estimate of drug-likeness (QED) is 0.428. The predicted octanol–water partition coefficient (Wildman–Crippen LogP) is -0.556. The van der Waals surface area contributed by atoms with Gasteiger partial charge in [0.05, 0.1) is 21.1 Å². The summed E-state index contributed by atoms with van der Waals surface area (Å²) >= 11 is 5.16. The summed E-state index contributed by atoms with van der Waals surface area (Å²) in [5.74, 6) is 0.137. The monoisotopic (exact) mass is 431 g/mol. The number of hydrogen-bond donors (Lipinski definition) is 3. The summed E-state index contributed by atoms with van der Waals surface area (Å²) in [5.41, 5.74) is 4.92. The van der Waals surface area contributed by atoms with E-state index in [0.29, 0.717) is 3.57 Å². The van der Waals surface area contributed by atoms with Gasteiger partial charge in [0.2, 0.25) is 0 Å². The lowest BCUT2D eigenvalue weighted by atomic mass is 10.2. The summed E-state index contributed by atoms with van der Waals surface area (Å²) in [4.78, 5) is 14.9.